The van der Waals surface area contributed by atoms with Crippen molar-refractivity contribution in [2.24, 2.45) is 17.8 Å². The highest BCUT2D eigenvalue weighted by molar-refractivity contribution is 7.80. The molecule has 4 aliphatic rings. The van der Waals surface area contributed by atoms with Gasteiger partial charge in [-0.25, -0.2) is 0 Å². The van der Waals surface area contributed by atoms with Crippen LogP contribution in [0.25, 0.3) is 0 Å². The van der Waals surface area contributed by atoms with Crippen molar-refractivity contribution in [3.05, 3.63) is 24.3 Å². The molecule has 1 unspecified atom stereocenters. The number of hydrogen-bond donors (Lipinski definition) is 2. The smallest absolute Gasteiger partial charge is 0.170 e. The first-order valence-corrected chi connectivity index (χ1v) is 12.2. The predicted molar refractivity (Wildman–Crippen MR) is 131 cm³/mol. The number of anilines is 2. The number of nitrogens with one attached hydrogen (secondary N) is 2. The maximum atomic E-state index is 5.56. The average Bonchev–Trinajstić information content (AvgIpc) is 2.75. The lowest BCUT2D eigenvalue weighted by molar-refractivity contribution is -0.0138. The zero-order chi connectivity index (χ0) is 21.1. The Bertz CT molecular complexity index is 698. The fourth-order valence-electron chi connectivity index (χ4n) is 5.47. The SMILES string of the molecule is CC1CCN(C[C@@H]2CN3CC[C@H]2C[C@@H]3CNC(=S)Nc2ccc(N(C)C)cc2)CC1. The first kappa shape index (κ1) is 21.8. The van der Waals surface area contributed by atoms with Gasteiger partial charge in [0.25, 0.3) is 0 Å². The Hall–Kier alpha value is -1.37. The van der Waals surface area contributed by atoms with E-state index < -0.39 is 0 Å². The third-order valence-electron chi connectivity index (χ3n) is 7.52. The van der Waals surface area contributed by atoms with Crippen molar-refractivity contribution in [1.82, 2.24) is 15.1 Å². The van der Waals surface area contributed by atoms with Crippen LogP contribution >= 0.6 is 12.2 Å². The van der Waals surface area contributed by atoms with Gasteiger partial charge < -0.3 is 20.4 Å². The maximum absolute atomic E-state index is 5.56. The lowest BCUT2D eigenvalue weighted by Gasteiger charge is -2.51. The van der Waals surface area contributed by atoms with Gasteiger partial charge in [-0.15, -0.1) is 0 Å². The Kier molecular flexibility index (Phi) is 7.16. The van der Waals surface area contributed by atoms with E-state index in [-0.39, 0.29) is 0 Å². The summed E-state index contributed by atoms with van der Waals surface area (Å²) in [4.78, 5) is 7.56. The molecule has 4 aliphatic heterocycles. The molecule has 4 fully saturated rings. The van der Waals surface area contributed by atoms with Gasteiger partial charge in [0, 0.05) is 51.1 Å². The molecule has 166 valence electrons. The van der Waals surface area contributed by atoms with Gasteiger partial charge in [-0.2, -0.15) is 0 Å². The molecule has 6 heteroatoms. The molecule has 0 amide bonds. The number of likely N-dealkylation sites (tertiary alicyclic amines) is 1. The summed E-state index contributed by atoms with van der Waals surface area (Å²) < 4.78 is 0. The number of rotatable bonds is 6. The fraction of sp³-hybridized carbons (Fsp3) is 0.708. The van der Waals surface area contributed by atoms with Crippen LogP contribution in [0.5, 0.6) is 0 Å². The van der Waals surface area contributed by atoms with Crippen molar-refractivity contribution < 1.29 is 0 Å². The van der Waals surface area contributed by atoms with E-state index in [0.29, 0.717) is 6.04 Å². The molecule has 4 saturated heterocycles. The van der Waals surface area contributed by atoms with Crippen LogP contribution in [0, 0.1) is 17.8 Å². The van der Waals surface area contributed by atoms with E-state index in [4.69, 9.17) is 12.2 Å². The lowest BCUT2D eigenvalue weighted by Crippen LogP contribution is -2.58. The number of hydrogen-bond acceptors (Lipinski definition) is 4. The van der Waals surface area contributed by atoms with Crippen LogP contribution in [0.15, 0.2) is 24.3 Å². The number of benzene rings is 1. The van der Waals surface area contributed by atoms with Gasteiger partial charge >= 0.3 is 0 Å². The molecule has 0 aromatic heterocycles. The molecule has 4 heterocycles. The molecule has 1 aromatic rings. The van der Waals surface area contributed by atoms with Crippen LogP contribution in [-0.2, 0) is 0 Å². The highest BCUT2D eigenvalue weighted by Crippen LogP contribution is 2.37. The number of thiocarbonyl (C=S) groups is 1. The molecule has 4 atom stereocenters. The second-order valence-electron chi connectivity index (χ2n) is 9.95. The summed E-state index contributed by atoms with van der Waals surface area (Å²) in [6.07, 6.45) is 5.47. The fourth-order valence-corrected chi connectivity index (χ4v) is 5.67. The van der Waals surface area contributed by atoms with Gasteiger partial charge in [-0.05, 0) is 99.6 Å². The molecular weight excluding hydrogens is 390 g/mol. The Balaban J connectivity index is 1.21. The van der Waals surface area contributed by atoms with E-state index in [1.165, 1.54) is 64.1 Å². The van der Waals surface area contributed by atoms with Crippen LogP contribution in [0.4, 0.5) is 11.4 Å². The summed E-state index contributed by atoms with van der Waals surface area (Å²) in [5.41, 5.74) is 2.23. The topological polar surface area (TPSA) is 33.8 Å². The zero-order valence-corrected chi connectivity index (χ0v) is 19.8. The predicted octanol–water partition coefficient (Wildman–Crippen LogP) is 3.48. The normalized spacial score (nSPS) is 29.6. The second-order valence-corrected chi connectivity index (χ2v) is 10.4. The monoisotopic (exact) mass is 429 g/mol. The zero-order valence-electron chi connectivity index (χ0n) is 18.9. The van der Waals surface area contributed by atoms with Crippen molar-refractivity contribution >= 4 is 28.7 Å². The van der Waals surface area contributed by atoms with E-state index >= 15 is 0 Å². The van der Waals surface area contributed by atoms with Crippen LogP contribution < -0.4 is 15.5 Å². The summed E-state index contributed by atoms with van der Waals surface area (Å²) in [6, 6.07) is 9.01. The molecule has 2 bridgehead atoms. The second kappa shape index (κ2) is 9.84. The van der Waals surface area contributed by atoms with E-state index in [0.717, 1.165) is 35.1 Å². The molecule has 0 spiro atoms. The number of piperidine rings is 4. The Morgan fingerprint density at radius 3 is 2.47 bits per heavy atom. The van der Waals surface area contributed by atoms with Crippen molar-refractivity contribution in [3.8, 4) is 0 Å². The molecule has 1 aromatic carbocycles. The van der Waals surface area contributed by atoms with Crippen LogP contribution in [0.3, 0.4) is 0 Å². The Morgan fingerprint density at radius 1 is 1.10 bits per heavy atom. The highest BCUT2D eigenvalue weighted by atomic mass is 32.1. The van der Waals surface area contributed by atoms with Gasteiger partial charge in [0.05, 0.1) is 0 Å². The Morgan fingerprint density at radius 2 is 1.83 bits per heavy atom. The lowest BCUT2D eigenvalue weighted by atomic mass is 9.75. The molecule has 2 N–H and O–H groups in total. The third kappa shape index (κ3) is 5.45. The summed E-state index contributed by atoms with van der Waals surface area (Å²) in [5.74, 6) is 2.68. The van der Waals surface area contributed by atoms with Gasteiger partial charge in [-0.3, -0.25) is 4.90 Å². The summed E-state index contributed by atoms with van der Waals surface area (Å²) in [7, 11) is 4.11. The number of nitrogens with zero attached hydrogens (tertiary/aromatic N) is 3. The van der Waals surface area contributed by atoms with E-state index in [1.807, 2.05) is 0 Å². The van der Waals surface area contributed by atoms with Gasteiger partial charge in [0.15, 0.2) is 5.11 Å². The largest absolute Gasteiger partial charge is 0.378 e. The standard InChI is InChI=1S/C24H39N5S/c1-18-8-11-28(12-9-18)16-20-17-29-13-10-19(20)14-23(29)15-25-24(30)26-21-4-6-22(7-5-21)27(2)3/h4-7,18-20,23H,8-17H2,1-3H3,(H2,25,26,30)/t19-,20+,23+/m0/s1. The maximum Gasteiger partial charge on any atom is 0.170 e. The minimum absolute atomic E-state index is 0.622. The third-order valence-corrected chi connectivity index (χ3v) is 7.77. The van der Waals surface area contributed by atoms with Crippen molar-refractivity contribution in [1.29, 1.82) is 0 Å². The van der Waals surface area contributed by atoms with Crippen molar-refractivity contribution in [3.63, 3.8) is 0 Å². The van der Waals surface area contributed by atoms with Gasteiger partial charge in [0.1, 0.15) is 0 Å². The van der Waals surface area contributed by atoms with Crippen molar-refractivity contribution in [2.75, 3.05) is 63.6 Å². The van der Waals surface area contributed by atoms with E-state index in [1.54, 1.807) is 0 Å². The average molecular weight is 430 g/mol. The van der Waals surface area contributed by atoms with Crippen LogP contribution in [0.1, 0.15) is 32.6 Å². The molecular formula is C24H39N5S. The summed E-state index contributed by atoms with van der Waals surface area (Å²) in [5, 5.41) is 7.55. The number of fused-ring (bicyclic) bond motifs is 3. The van der Waals surface area contributed by atoms with Crippen molar-refractivity contribution in [2.45, 2.75) is 38.6 Å². The molecule has 0 radical (unpaired) electrons. The molecule has 5 nitrogen and oxygen atoms in total. The Labute approximate surface area is 188 Å². The minimum atomic E-state index is 0.622. The molecule has 5 rings (SSSR count). The molecule has 30 heavy (non-hydrogen) atoms. The van der Waals surface area contributed by atoms with E-state index in [9.17, 15) is 0 Å². The van der Waals surface area contributed by atoms with Crippen LogP contribution in [0.2, 0.25) is 0 Å². The minimum Gasteiger partial charge on any atom is -0.378 e. The van der Waals surface area contributed by atoms with Crippen LogP contribution in [-0.4, -0.2) is 74.3 Å². The first-order chi connectivity index (χ1) is 14.5. The van der Waals surface area contributed by atoms with Gasteiger partial charge in [0.2, 0.25) is 0 Å². The summed E-state index contributed by atoms with van der Waals surface area (Å²) in [6.45, 7) is 9.83. The summed E-state index contributed by atoms with van der Waals surface area (Å²) >= 11 is 5.56. The van der Waals surface area contributed by atoms with E-state index in [2.05, 4.69) is 70.6 Å². The van der Waals surface area contributed by atoms with Gasteiger partial charge in [-0.1, -0.05) is 6.92 Å². The highest BCUT2D eigenvalue weighted by Gasteiger charge is 2.40. The molecule has 0 aliphatic carbocycles. The first-order valence-electron chi connectivity index (χ1n) is 11.8. The molecule has 0 saturated carbocycles. The quantitative estimate of drug-likeness (QED) is 0.674.